The van der Waals surface area contributed by atoms with Crippen molar-refractivity contribution in [3.05, 3.63) is 46.2 Å². The van der Waals surface area contributed by atoms with E-state index >= 15 is 0 Å². The summed E-state index contributed by atoms with van der Waals surface area (Å²) in [5, 5.41) is 20.3. The van der Waals surface area contributed by atoms with Gasteiger partial charge in [-0.2, -0.15) is 0 Å². The van der Waals surface area contributed by atoms with Crippen LogP contribution >= 0.6 is 0 Å². The summed E-state index contributed by atoms with van der Waals surface area (Å²) in [5.41, 5.74) is 0.0646. The number of aliphatic carboxylic acids is 1. The summed E-state index contributed by atoms with van der Waals surface area (Å²) in [6.45, 7) is -0.734. The largest absolute Gasteiger partial charge is 0.480 e. The van der Waals surface area contributed by atoms with Crippen molar-refractivity contribution in [3.63, 3.8) is 0 Å². The van der Waals surface area contributed by atoms with Crippen molar-refractivity contribution in [2.45, 2.75) is 6.04 Å². The van der Waals surface area contributed by atoms with E-state index in [4.69, 9.17) is 10.2 Å². The number of hydrogen-bond acceptors (Lipinski definition) is 4. The smallest absolute Gasteiger partial charge is 0.328 e. The number of aromatic nitrogens is 1. The number of hydrogen-bond donors (Lipinski definition) is 4. The van der Waals surface area contributed by atoms with Gasteiger partial charge in [-0.15, -0.1) is 0 Å². The van der Waals surface area contributed by atoms with Gasteiger partial charge in [-0.25, -0.2) is 4.79 Å². The summed E-state index contributed by atoms with van der Waals surface area (Å²) in [6, 6.07) is 6.34. The highest BCUT2D eigenvalue weighted by molar-refractivity contribution is 6.06. The number of carbonyl (C=O) groups is 2. The average Bonchev–Trinajstić information content (AvgIpc) is 2.43. The van der Waals surface area contributed by atoms with Gasteiger partial charge < -0.3 is 20.5 Å². The molecule has 0 unspecified atom stereocenters. The summed E-state index contributed by atoms with van der Waals surface area (Å²) in [4.78, 5) is 36.9. The average molecular weight is 276 g/mol. The maximum absolute atomic E-state index is 12.0. The first-order valence-corrected chi connectivity index (χ1v) is 5.79. The molecule has 7 heteroatoms. The van der Waals surface area contributed by atoms with Gasteiger partial charge in [-0.1, -0.05) is 18.2 Å². The molecule has 0 aliphatic heterocycles. The van der Waals surface area contributed by atoms with Crippen LogP contribution in [0.5, 0.6) is 0 Å². The van der Waals surface area contributed by atoms with Crippen LogP contribution in [-0.4, -0.2) is 39.7 Å². The molecule has 0 spiro atoms. The molecule has 7 nitrogen and oxygen atoms in total. The van der Waals surface area contributed by atoms with Crippen LogP contribution in [0.3, 0.4) is 0 Å². The van der Waals surface area contributed by atoms with Gasteiger partial charge in [0.25, 0.3) is 5.91 Å². The molecule has 0 aliphatic carbocycles. The standard InChI is InChI=1S/C13H12N2O5/c16-6-10(13(19)20)15-12(18)8-5-11(17)14-9-4-2-1-3-7(8)9/h1-5,10,16H,6H2,(H,14,17)(H,15,18)(H,19,20)/t10-/m0/s1. The zero-order valence-corrected chi connectivity index (χ0v) is 10.3. The second-order valence-corrected chi connectivity index (χ2v) is 4.14. The zero-order chi connectivity index (χ0) is 14.7. The van der Waals surface area contributed by atoms with E-state index in [9.17, 15) is 14.4 Å². The van der Waals surface area contributed by atoms with E-state index in [2.05, 4.69) is 10.3 Å². The Labute approximate surface area is 112 Å². The van der Waals surface area contributed by atoms with Gasteiger partial charge in [0.15, 0.2) is 6.04 Å². The predicted molar refractivity (Wildman–Crippen MR) is 70.5 cm³/mol. The number of carbonyl (C=O) groups excluding carboxylic acids is 1. The lowest BCUT2D eigenvalue weighted by Crippen LogP contribution is -2.43. The third-order valence-corrected chi connectivity index (χ3v) is 2.78. The highest BCUT2D eigenvalue weighted by Crippen LogP contribution is 2.14. The van der Waals surface area contributed by atoms with Crippen molar-refractivity contribution in [1.29, 1.82) is 0 Å². The molecule has 0 saturated heterocycles. The molecule has 0 fully saturated rings. The molecular weight excluding hydrogens is 264 g/mol. The fraction of sp³-hybridized carbons (Fsp3) is 0.154. The number of aliphatic hydroxyl groups excluding tert-OH is 1. The van der Waals surface area contributed by atoms with E-state index in [0.29, 0.717) is 10.9 Å². The minimum absolute atomic E-state index is 0.0593. The molecule has 2 rings (SSSR count). The van der Waals surface area contributed by atoms with E-state index in [0.717, 1.165) is 6.07 Å². The van der Waals surface area contributed by atoms with Gasteiger partial charge in [0.1, 0.15) is 0 Å². The summed E-state index contributed by atoms with van der Waals surface area (Å²) >= 11 is 0. The molecular formula is C13H12N2O5. The number of aromatic amines is 1. The molecule has 1 amide bonds. The van der Waals surface area contributed by atoms with Gasteiger partial charge >= 0.3 is 5.97 Å². The predicted octanol–water partition coefficient (Wildman–Crippen LogP) is -0.297. The fourth-order valence-corrected chi connectivity index (χ4v) is 1.81. The van der Waals surface area contributed by atoms with E-state index in [-0.39, 0.29) is 5.56 Å². The Morgan fingerprint density at radius 3 is 2.65 bits per heavy atom. The van der Waals surface area contributed by atoms with E-state index < -0.39 is 30.1 Å². The Hall–Kier alpha value is -2.67. The quantitative estimate of drug-likeness (QED) is 0.611. The van der Waals surface area contributed by atoms with Crippen LogP contribution in [0.1, 0.15) is 10.4 Å². The molecule has 0 saturated carbocycles. The van der Waals surface area contributed by atoms with Crippen LogP contribution in [0.25, 0.3) is 10.9 Å². The lowest BCUT2D eigenvalue weighted by atomic mass is 10.1. The number of para-hydroxylation sites is 1. The van der Waals surface area contributed by atoms with Crippen molar-refractivity contribution < 1.29 is 19.8 Å². The summed E-state index contributed by atoms with van der Waals surface area (Å²) in [6.07, 6.45) is 0. The zero-order valence-electron chi connectivity index (χ0n) is 10.3. The molecule has 4 N–H and O–H groups in total. The number of H-pyrrole nitrogens is 1. The number of fused-ring (bicyclic) bond motifs is 1. The van der Waals surface area contributed by atoms with Gasteiger partial charge in [0.2, 0.25) is 5.56 Å². The minimum Gasteiger partial charge on any atom is -0.480 e. The Bertz CT molecular complexity index is 722. The SMILES string of the molecule is O=C(N[C@@H](CO)C(=O)O)c1cc(=O)[nH]c2ccccc12. The molecule has 1 heterocycles. The molecule has 2 aromatic rings. The van der Waals surface area contributed by atoms with Crippen LogP contribution in [0, 0.1) is 0 Å². The molecule has 1 aromatic heterocycles. The third-order valence-electron chi connectivity index (χ3n) is 2.78. The Morgan fingerprint density at radius 2 is 2.00 bits per heavy atom. The second kappa shape index (κ2) is 5.54. The fourth-order valence-electron chi connectivity index (χ4n) is 1.81. The number of nitrogens with one attached hydrogen (secondary N) is 2. The van der Waals surface area contributed by atoms with E-state index in [1.54, 1.807) is 24.3 Å². The van der Waals surface area contributed by atoms with Gasteiger partial charge in [-0.05, 0) is 6.07 Å². The monoisotopic (exact) mass is 276 g/mol. The molecule has 20 heavy (non-hydrogen) atoms. The maximum atomic E-state index is 12.0. The first kappa shape index (κ1) is 13.8. The van der Waals surface area contributed by atoms with Crippen LogP contribution in [0.2, 0.25) is 0 Å². The summed E-state index contributed by atoms with van der Waals surface area (Å²) in [7, 11) is 0. The maximum Gasteiger partial charge on any atom is 0.328 e. The number of benzene rings is 1. The van der Waals surface area contributed by atoms with Gasteiger partial charge in [-0.3, -0.25) is 9.59 Å². The Kier molecular flexibility index (Phi) is 3.81. The summed E-state index contributed by atoms with van der Waals surface area (Å²) in [5.74, 6) is -2.08. The van der Waals surface area contributed by atoms with Crippen molar-refractivity contribution in [2.75, 3.05) is 6.61 Å². The Morgan fingerprint density at radius 1 is 1.30 bits per heavy atom. The molecule has 0 radical (unpaired) electrons. The van der Waals surface area contributed by atoms with Crippen LogP contribution in [-0.2, 0) is 4.79 Å². The summed E-state index contributed by atoms with van der Waals surface area (Å²) < 4.78 is 0. The lowest BCUT2D eigenvalue weighted by Gasteiger charge is -2.12. The van der Waals surface area contributed by atoms with Crippen LogP contribution in [0.4, 0.5) is 0 Å². The van der Waals surface area contributed by atoms with Crippen molar-refractivity contribution in [1.82, 2.24) is 10.3 Å². The second-order valence-electron chi connectivity index (χ2n) is 4.14. The first-order valence-electron chi connectivity index (χ1n) is 5.79. The molecule has 0 bridgehead atoms. The number of pyridine rings is 1. The van der Waals surface area contributed by atoms with Crippen LogP contribution < -0.4 is 10.9 Å². The van der Waals surface area contributed by atoms with Gasteiger partial charge in [0.05, 0.1) is 12.2 Å². The van der Waals surface area contributed by atoms with E-state index in [1.165, 1.54) is 0 Å². The topological polar surface area (TPSA) is 119 Å². The molecule has 104 valence electrons. The minimum atomic E-state index is -1.42. The Balaban J connectivity index is 2.44. The number of carboxylic acids is 1. The van der Waals surface area contributed by atoms with Crippen LogP contribution in [0.15, 0.2) is 35.1 Å². The van der Waals surface area contributed by atoms with Gasteiger partial charge in [0, 0.05) is 17.0 Å². The number of aliphatic hydroxyl groups is 1. The molecule has 1 aromatic carbocycles. The van der Waals surface area contributed by atoms with Crippen molar-refractivity contribution in [2.24, 2.45) is 0 Å². The van der Waals surface area contributed by atoms with E-state index in [1.807, 2.05) is 0 Å². The first-order chi connectivity index (χ1) is 9.52. The lowest BCUT2D eigenvalue weighted by molar-refractivity contribution is -0.140. The molecule has 0 aliphatic rings. The normalized spacial score (nSPS) is 12.1. The molecule has 1 atom stereocenters. The number of carboxylic acid groups (broad SMARTS) is 1. The highest BCUT2D eigenvalue weighted by atomic mass is 16.4. The van der Waals surface area contributed by atoms with Crippen molar-refractivity contribution in [3.8, 4) is 0 Å². The number of amides is 1. The van der Waals surface area contributed by atoms with Crippen molar-refractivity contribution >= 4 is 22.8 Å². The third kappa shape index (κ3) is 2.67. The number of rotatable bonds is 4. The highest BCUT2D eigenvalue weighted by Gasteiger charge is 2.21.